The topological polar surface area (TPSA) is 135 Å². The normalized spacial score (nSPS) is 12.5. The van der Waals surface area contributed by atoms with Gasteiger partial charge in [-0.2, -0.15) is 18.4 Å². The number of aromatic amines is 1. The van der Waals surface area contributed by atoms with Crippen LogP contribution in [-0.4, -0.2) is 46.4 Å². The van der Waals surface area contributed by atoms with E-state index < -0.39 is 37.4 Å². The van der Waals surface area contributed by atoms with Gasteiger partial charge in [-0.05, 0) is 44.0 Å². The lowest BCUT2D eigenvalue weighted by atomic mass is 9.98. The lowest BCUT2D eigenvalue weighted by molar-refractivity contribution is 0.0521. The molecule has 0 saturated heterocycles. The Morgan fingerprint density at radius 1 is 1.05 bits per heavy atom. The van der Waals surface area contributed by atoms with E-state index in [4.69, 9.17) is 4.74 Å². The van der Waals surface area contributed by atoms with Crippen molar-refractivity contribution in [2.75, 3.05) is 12.9 Å². The molecule has 0 atom stereocenters. The molecule has 0 aliphatic rings. The molecule has 0 saturated carbocycles. The summed E-state index contributed by atoms with van der Waals surface area (Å²) in [5.41, 5.74) is 2.58. The summed E-state index contributed by atoms with van der Waals surface area (Å²) in [5.74, 6) is -1.86. The number of sulfonamides is 1. The van der Waals surface area contributed by atoms with Crippen LogP contribution in [0.2, 0.25) is 0 Å². The maximum atomic E-state index is 15.0. The van der Waals surface area contributed by atoms with E-state index in [0.29, 0.717) is 38.9 Å². The summed E-state index contributed by atoms with van der Waals surface area (Å²) in [6, 6.07) is 15.7. The highest BCUT2D eigenvalue weighted by Gasteiger charge is 2.24. The van der Waals surface area contributed by atoms with Gasteiger partial charge in [0.2, 0.25) is 0 Å². The van der Waals surface area contributed by atoms with Crippen molar-refractivity contribution in [3.05, 3.63) is 88.9 Å². The molecular formula is C28H28FN3O6S2. The number of aromatic nitrogens is 1. The van der Waals surface area contributed by atoms with Crippen molar-refractivity contribution >= 4 is 42.4 Å². The number of hydrazone groups is 1. The zero-order chi connectivity index (χ0) is 29.2. The molecule has 0 bridgehead atoms. The van der Waals surface area contributed by atoms with Crippen LogP contribution in [0.3, 0.4) is 0 Å². The second-order valence-electron chi connectivity index (χ2n) is 9.26. The quantitative estimate of drug-likeness (QED) is 0.166. The summed E-state index contributed by atoms with van der Waals surface area (Å²) in [4.78, 5) is 18.3. The average Bonchev–Trinajstić information content (AvgIpc) is 3.28. The third kappa shape index (κ3) is 6.07. The molecule has 0 amide bonds. The number of hydrogen-bond acceptors (Lipinski definition) is 7. The van der Waals surface area contributed by atoms with E-state index in [1.165, 1.54) is 18.2 Å². The van der Waals surface area contributed by atoms with Crippen molar-refractivity contribution in [1.29, 1.82) is 0 Å². The van der Waals surface area contributed by atoms with Gasteiger partial charge in [-0.25, -0.2) is 17.6 Å². The fraction of sp³-hybridized carbons (Fsp3) is 0.214. The fourth-order valence-corrected chi connectivity index (χ4v) is 6.28. The van der Waals surface area contributed by atoms with Gasteiger partial charge in [0, 0.05) is 28.3 Å². The lowest BCUT2D eigenvalue weighted by Crippen LogP contribution is -2.20. The van der Waals surface area contributed by atoms with Gasteiger partial charge in [-0.3, -0.25) is 0 Å². The van der Waals surface area contributed by atoms with Gasteiger partial charge in [0.15, 0.2) is 9.84 Å². The minimum absolute atomic E-state index is 0.00776. The summed E-state index contributed by atoms with van der Waals surface area (Å²) in [6.45, 7) is 5.05. The molecule has 1 heterocycles. The zero-order valence-electron chi connectivity index (χ0n) is 22.3. The van der Waals surface area contributed by atoms with Crippen LogP contribution in [0.25, 0.3) is 22.0 Å². The highest BCUT2D eigenvalue weighted by atomic mass is 32.2. The number of halogens is 1. The van der Waals surface area contributed by atoms with Crippen LogP contribution in [0.1, 0.15) is 41.0 Å². The number of carbonyl (C=O) groups is 1. The van der Waals surface area contributed by atoms with Crippen LogP contribution in [0.4, 0.5) is 4.39 Å². The number of sulfone groups is 1. The molecule has 2 N–H and O–H groups in total. The smallest absolute Gasteiger partial charge is 0.355 e. The number of para-hydroxylation sites is 1. The molecule has 4 rings (SSSR count). The van der Waals surface area contributed by atoms with Crippen LogP contribution in [0.5, 0.6) is 0 Å². The second-order valence-corrected chi connectivity index (χ2v) is 13.0. The summed E-state index contributed by atoms with van der Waals surface area (Å²) < 4.78 is 69.2. The second kappa shape index (κ2) is 11.2. The first-order valence-corrected chi connectivity index (χ1v) is 15.8. The Labute approximate surface area is 232 Å². The predicted molar refractivity (Wildman–Crippen MR) is 152 cm³/mol. The van der Waals surface area contributed by atoms with Crippen molar-refractivity contribution in [1.82, 2.24) is 9.82 Å². The van der Waals surface area contributed by atoms with E-state index >= 15 is 0 Å². The largest absolute Gasteiger partial charge is 0.461 e. The van der Waals surface area contributed by atoms with E-state index in [0.717, 1.165) is 6.26 Å². The van der Waals surface area contributed by atoms with Gasteiger partial charge in [0.05, 0.1) is 28.5 Å². The predicted octanol–water partition coefficient (Wildman–Crippen LogP) is 4.71. The zero-order valence-corrected chi connectivity index (χ0v) is 23.9. The van der Waals surface area contributed by atoms with Crippen LogP contribution < -0.4 is 4.83 Å². The van der Waals surface area contributed by atoms with Crippen molar-refractivity contribution < 1.29 is 30.8 Å². The van der Waals surface area contributed by atoms with Crippen molar-refractivity contribution in [3.63, 3.8) is 0 Å². The molecule has 0 spiro atoms. The molecule has 40 heavy (non-hydrogen) atoms. The number of nitrogens with one attached hydrogen (secondary N) is 2. The minimum Gasteiger partial charge on any atom is -0.461 e. The highest BCUT2D eigenvalue weighted by molar-refractivity contribution is 7.90. The Balaban J connectivity index is 1.83. The monoisotopic (exact) mass is 585 g/mol. The van der Waals surface area contributed by atoms with Crippen LogP contribution in [0.15, 0.2) is 70.7 Å². The summed E-state index contributed by atoms with van der Waals surface area (Å²) in [6.07, 6.45) is 1.02. The molecule has 210 valence electrons. The third-order valence-corrected chi connectivity index (χ3v) is 8.38. The van der Waals surface area contributed by atoms with E-state index in [1.54, 1.807) is 63.2 Å². The van der Waals surface area contributed by atoms with Gasteiger partial charge >= 0.3 is 5.97 Å². The van der Waals surface area contributed by atoms with Crippen LogP contribution in [0, 0.1) is 12.7 Å². The van der Waals surface area contributed by atoms with Crippen molar-refractivity contribution in [2.24, 2.45) is 5.10 Å². The Bertz CT molecular complexity index is 1860. The lowest BCUT2D eigenvalue weighted by Gasteiger charge is -2.09. The van der Waals surface area contributed by atoms with E-state index in [1.807, 2.05) is 0 Å². The number of benzene rings is 3. The van der Waals surface area contributed by atoms with Gasteiger partial charge in [-0.15, -0.1) is 0 Å². The highest BCUT2D eigenvalue weighted by Crippen LogP contribution is 2.35. The number of ether oxygens (including phenoxy) is 1. The molecule has 1 aromatic heterocycles. The molecule has 0 fully saturated rings. The Hall–Kier alpha value is -4.03. The summed E-state index contributed by atoms with van der Waals surface area (Å²) in [7, 11) is -7.41. The summed E-state index contributed by atoms with van der Waals surface area (Å²) in [5, 5.41) is 4.65. The summed E-state index contributed by atoms with van der Waals surface area (Å²) >= 11 is 0. The van der Waals surface area contributed by atoms with Crippen LogP contribution in [-0.2, 0) is 30.4 Å². The van der Waals surface area contributed by atoms with E-state index in [-0.39, 0.29) is 22.8 Å². The Morgan fingerprint density at radius 3 is 2.42 bits per heavy atom. The number of fused-ring (bicyclic) bond motifs is 1. The van der Waals surface area contributed by atoms with E-state index in [9.17, 15) is 26.0 Å². The first kappa shape index (κ1) is 29.0. The SMILES string of the molecule is CCOC(=O)c1[nH]c2c(C(C)=NNS(=O)(=O)c3ccccc3C)cccc2c1-c1ccc(CS(C)(=O)=O)c(F)c1. The van der Waals surface area contributed by atoms with Crippen molar-refractivity contribution in [2.45, 2.75) is 31.4 Å². The van der Waals surface area contributed by atoms with Gasteiger partial charge in [0.25, 0.3) is 10.0 Å². The fourth-order valence-electron chi connectivity index (χ4n) is 4.37. The van der Waals surface area contributed by atoms with Crippen LogP contribution >= 0.6 is 0 Å². The Morgan fingerprint density at radius 2 is 1.77 bits per heavy atom. The average molecular weight is 586 g/mol. The molecule has 0 aliphatic heterocycles. The first-order valence-electron chi connectivity index (χ1n) is 12.2. The van der Waals surface area contributed by atoms with Gasteiger partial charge in [0.1, 0.15) is 11.5 Å². The Kier molecular flexibility index (Phi) is 8.13. The number of hydrogen-bond donors (Lipinski definition) is 2. The maximum absolute atomic E-state index is 15.0. The van der Waals surface area contributed by atoms with Gasteiger partial charge < -0.3 is 9.72 Å². The molecule has 3 aromatic carbocycles. The van der Waals surface area contributed by atoms with Gasteiger partial charge in [-0.1, -0.05) is 48.5 Å². The molecule has 12 heteroatoms. The third-order valence-electron chi connectivity index (χ3n) is 6.18. The molecule has 0 unspecified atom stereocenters. The maximum Gasteiger partial charge on any atom is 0.355 e. The van der Waals surface area contributed by atoms with Crippen molar-refractivity contribution in [3.8, 4) is 11.1 Å². The number of rotatable bonds is 9. The molecule has 0 radical (unpaired) electrons. The number of nitrogens with zero attached hydrogens (tertiary/aromatic N) is 1. The molecule has 0 aliphatic carbocycles. The number of carbonyl (C=O) groups excluding carboxylic acids is 1. The number of esters is 1. The van der Waals surface area contributed by atoms with E-state index in [2.05, 4.69) is 14.9 Å². The molecule has 4 aromatic rings. The number of aryl methyl sites for hydroxylation is 1. The standard InChI is InChI=1S/C28H28FN3O6S2/c1-5-38-28(33)27-25(19-13-14-20(23(29)15-19)16-39(4,34)35)22-11-8-10-21(26(22)30-27)18(3)31-32-40(36,37)24-12-7-6-9-17(24)2/h6-15,30,32H,5,16H2,1-4H3. The first-order chi connectivity index (χ1) is 18.8. The molecule has 9 nitrogen and oxygen atoms in total. The minimum atomic E-state index is -3.94. The molecular weight excluding hydrogens is 557 g/mol. The number of H-pyrrole nitrogens is 1.